The minimum Gasteiger partial charge on any atom is -0.374 e. The molecule has 2 rings (SSSR count). The van der Waals surface area contributed by atoms with Gasteiger partial charge in [0.1, 0.15) is 0 Å². The number of aromatic nitrogens is 1. The van der Waals surface area contributed by atoms with Crippen LogP contribution in [0.5, 0.6) is 5.75 Å². The van der Waals surface area contributed by atoms with Crippen molar-refractivity contribution < 1.29 is 34.6 Å². The second kappa shape index (κ2) is 4.54. The molecule has 0 spiro atoms. The van der Waals surface area contributed by atoms with Crippen LogP contribution in [0.2, 0.25) is 0 Å². The standard InChI is InChI=1S/C10H4F5NO3S/c11-7-2-5-1-6(4-16-9(5)3-8(7)12)19-20(17,18)10(13,14)15/h1-4H. The van der Waals surface area contributed by atoms with E-state index in [0.717, 1.165) is 6.07 Å². The zero-order chi connectivity index (χ0) is 15.1. The molecule has 0 N–H and O–H groups in total. The number of pyridine rings is 1. The Morgan fingerprint density at radius 3 is 2.25 bits per heavy atom. The molecule has 0 aliphatic heterocycles. The van der Waals surface area contributed by atoms with Gasteiger partial charge in [0.2, 0.25) is 0 Å². The van der Waals surface area contributed by atoms with E-state index in [1.54, 1.807) is 0 Å². The summed E-state index contributed by atoms with van der Waals surface area (Å²) in [6, 6.07) is 2.17. The zero-order valence-corrected chi connectivity index (χ0v) is 10.1. The highest BCUT2D eigenvalue weighted by atomic mass is 32.2. The van der Waals surface area contributed by atoms with Gasteiger partial charge in [0.25, 0.3) is 0 Å². The molecule has 0 amide bonds. The Hall–Kier alpha value is -1.97. The highest BCUT2D eigenvalue weighted by Gasteiger charge is 2.48. The number of rotatable bonds is 2. The predicted molar refractivity (Wildman–Crippen MR) is 57.3 cm³/mol. The third-order valence-corrected chi connectivity index (χ3v) is 3.17. The van der Waals surface area contributed by atoms with Gasteiger partial charge in [-0.05, 0) is 12.1 Å². The number of halogens is 5. The first-order valence-electron chi connectivity index (χ1n) is 4.86. The van der Waals surface area contributed by atoms with Crippen LogP contribution in [0.3, 0.4) is 0 Å². The van der Waals surface area contributed by atoms with Crippen LogP contribution in [0.4, 0.5) is 22.0 Å². The summed E-state index contributed by atoms with van der Waals surface area (Å²) in [6.07, 6.45) is 0.656. The number of nitrogens with zero attached hydrogens (tertiary/aromatic N) is 1. The molecule has 0 saturated heterocycles. The van der Waals surface area contributed by atoms with Crippen LogP contribution in [-0.2, 0) is 10.1 Å². The lowest BCUT2D eigenvalue weighted by molar-refractivity contribution is -0.0500. The molecule has 4 nitrogen and oxygen atoms in total. The van der Waals surface area contributed by atoms with Crippen molar-refractivity contribution in [2.75, 3.05) is 0 Å². The fraction of sp³-hybridized carbons (Fsp3) is 0.100. The number of hydrogen-bond donors (Lipinski definition) is 0. The highest BCUT2D eigenvalue weighted by molar-refractivity contribution is 7.88. The molecule has 10 heteroatoms. The van der Waals surface area contributed by atoms with Crippen LogP contribution < -0.4 is 4.18 Å². The van der Waals surface area contributed by atoms with Crippen molar-refractivity contribution in [2.45, 2.75) is 5.51 Å². The first-order chi connectivity index (χ1) is 9.10. The Labute approximate surface area is 108 Å². The molecule has 0 fully saturated rings. The molecule has 0 saturated carbocycles. The van der Waals surface area contributed by atoms with E-state index in [1.165, 1.54) is 0 Å². The monoisotopic (exact) mass is 313 g/mol. The quantitative estimate of drug-likeness (QED) is 0.486. The maximum atomic E-state index is 13.0. The SMILES string of the molecule is O=S(=O)(Oc1cnc2cc(F)c(F)cc2c1)C(F)(F)F. The minimum atomic E-state index is -5.85. The summed E-state index contributed by atoms with van der Waals surface area (Å²) < 4.78 is 87.5. The molecule has 2 aromatic rings. The Morgan fingerprint density at radius 2 is 1.65 bits per heavy atom. The van der Waals surface area contributed by atoms with Gasteiger partial charge in [-0.3, -0.25) is 4.98 Å². The second-order valence-corrected chi connectivity index (χ2v) is 5.15. The maximum Gasteiger partial charge on any atom is 0.534 e. The predicted octanol–water partition coefficient (Wildman–Crippen LogP) is 2.74. The fourth-order valence-electron chi connectivity index (χ4n) is 1.32. The van der Waals surface area contributed by atoms with Crippen LogP contribution in [0.15, 0.2) is 24.4 Å². The Balaban J connectivity index is 2.45. The van der Waals surface area contributed by atoms with Gasteiger partial charge in [0.05, 0.1) is 11.7 Å². The van der Waals surface area contributed by atoms with Gasteiger partial charge < -0.3 is 4.18 Å². The number of benzene rings is 1. The van der Waals surface area contributed by atoms with Gasteiger partial charge in [0, 0.05) is 11.5 Å². The topological polar surface area (TPSA) is 56.3 Å². The van der Waals surface area contributed by atoms with Crippen molar-refractivity contribution in [3.8, 4) is 5.75 Å². The molecule has 1 aromatic carbocycles. The lowest BCUT2D eigenvalue weighted by atomic mass is 10.2. The lowest BCUT2D eigenvalue weighted by Gasteiger charge is -2.09. The van der Waals surface area contributed by atoms with E-state index in [0.29, 0.717) is 18.3 Å². The van der Waals surface area contributed by atoms with Crippen molar-refractivity contribution in [2.24, 2.45) is 0 Å². The number of alkyl halides is 3. The van der Waals surface area contributed by atoms with Crippen LogP contribution >= 0.6 is 0 Å². The highest BCUT2D eigenvalue weighted by Crippen LogP contribution is 2.28. The van der Waals surface area contributed by atoms with Gasteiger partial charge in [-0.15, -0.1) is 0 Å². The van der Waals surface area contributed by atoms with E-state index in [1.807, 2.05) is 0 Å². The van der Waals surface area contributed by atoms with Gasteiger partial charge in [0.15, 0.2) is 17.4 Å². The summed E-state index contributed by atoms with van der Waals surface area (Å²) in [5, 5.41) is -0.112. The normalized spacial score (nSPS) is 12.7. The van der Waals surface area contributed by atoms with Crippen molar-refractivity contribution >= 4 is 21.0 Å². The van der Waals surface area contributed by atoms with Crippen molar-refractivity contribution in [3.05, 3.63) is 36.0 Å². The zero-order valence-electron chi connectivity index (χ0n) is 9.28. The molecule has 0 atom stereocenters. The largest absolute Gasteiger partial charge is 0.534 e. The van der Waals surface area contributed by atoms with Gasteiger partial charge in [-0.2, -0.15) is 21.6 Å². The molecule has 0 aliphatic carbocycles. The average molecular weight is 313 g/mol. The molecule has 0 unspecified atom stereocenters. The molecule has 20 heavy (non-hydrogen) atoms. The van der Waals surface area contributed by atoms with E-state index in [9.17, 15) is 30.4 Å². The first-order valence-corrected chi connectivity index (χ1v) is 6.26. The number of hydrogen-bond acceptors (Lipinski definition) is 4. The van der Waals surface area contributed by atoms with Gasteiger partial charge in [-0.1, -0.05) is 0 Å². The number of fused-ring (bicyclic) bond motifs is 1. The smallest absolute Gasteiger partial charge is 0.374 e. The summed E-state index contributed by atoms with van der Waals surface area (Å²) in [5.41, 5.74) is -5.67. The minimum absolute atomic E-state index is 0.0688. The molecule has 108 valence electrons. The fourth-order valence-corrected chi connectivity index (χ4v) is 1.76. The molecule has 0 aliphatic rings. The molecular formula is C10H4F5NO3S. The third kappa shape index (κ3) is 2.64. The van der Waals surface area contributed by atoms with E-state index in [-0.39, 0.29) is 10.9 Å². The average Bonchev–Trinajstić information content (AvgIpc) is 2.29. The first kappa shape index (κ1) is 14.4. The molecule has 1 aromatic heterocycles. The summed E-state index contributed by atoms with van der Waals surface area (Å²) >= 11 is 0. The summed E-state index contributed by atoms with van der Waals surface area (Å²) in [7, 11) is -5.85. The Morgan fingerprint density at radius 1 is 1.05 bits per heavy atom. The summed E-state index contributed by atoms with van der Waals surface area (Å²) in [5.74, 6) is -3.21. The molecule has 0 bridgehead atoms. The summed E-state index contributed by atoms with van der Waals surface area (Å²) in [4.78, 5) is 3.49. The van der Waals surface area contributed by atoms with Gasteiger partial charge >= 0.3 is 15.6 Å². The van der Waals surface area contributed by atoms with Gasteiger partial charge in [-0.25, -0.2) is 8.78 Å². The van der Waals surface area contributed by atoms with Crippen molar-refractivity contribution in [1.29, 1.82) is 0 Å². The Bertz CT molecular complexity index is 772. The molecular weight excluding hydrogens is 309 g/mol. The van der Waals surface area contributed by atoms with E-state index >= 15 is 0 Å². The van der Waals surface area contributed by atoms with Crippen LogP contribution in [0, 0.1) is 11.6 Å². The third-order valence-electron chi connectivity index (χ3n) is 2.19. The van der Waals surface area contributed by atoms with Crippen molar-refractivity contribution in [3.63, 3.8) is 0 Å². The van der Waals surface area contributed by atoms with E-state index in [4.69, 9.17) is 0 Å². The van der Waals surface area contributed by atoms with E-state index in [2.05, 4.69) is 9.17 Å². The second-order valence-electron chi connectivity index (χ2n) is 3.61. The Kier molecular flexibility index (Phi) is 3.28. The van der Waals surface area contributed by atoms with Crippen molar-refractivity contribution in [1.82, 2.24) is 4.98 Å². The molecule has 1 heterocycles. The maximum absolute atomic E-state index is 13.0. The van der Waals surface area contributed by atoms with E-state index < -0.39 is 33.0 Å². The van der Waals surface area contributed by atoms with Crippen LogP contribution in [0.1, 0.15) is 0 Å². The lowest BCUT2D eigenvalue weighted by Crippen LogP contribution is -2.28. The molecule has 0 radical (unpaired) electrons. The summed E-state index contributed by atoms with van der Waals surface area (Å²) in [6.45, 7) is 0. The van der Waals surface area contributed by atoms with Crippen LogP contribution in [0.25, 0.3) is 10.9 Å². The van der Waals surface area contributed by atoms with Crippen LogP contribution in [-0.4, -0.2) is 18.9 Å².